The number of amides is 1. The molecule has 0 aliphatic rings. The van der Waals surface area contributed by atoms with Gasteiger partial charge in [-0.2, -0.15) is 0 Å². The number of thiol groups is 1. The van der Waals surface area contributed by atoms with Gasteiger partial charge in [-0.05, 0) is 24.6 Å². The lowest BCUT2D eigenvalue weighted by molar-refractivity contribution is 0.102. The second kappa shape index (κ2) is 6.54. The minimum Gasteiger partial charge on any atom is -0.497 e. The number of rotatable bonds is 4. The molecule has 0 spiro atoms. The van der Waals surface area contributed by atoms with Crippen molar-refractivity contribution in [2.45, 2.75) is 11.8 Å². The van der Waals surface area contributed by atoms with Gasteiger partial charge in [0.15, 0.2) is 0 Å². The second-order valence-corrected chi connectivity index (χ2v) is 5.07. The topological polar surface area (TPSA) is 47.6 Å². The van der Waals surface area contributed by atoms with Crippen molar-refractivity contribution in [1.82, 2.24) is 0 Å². The van der Waals surface area contributed by atoms with Crippen LogP contribution in [0.3, 0.4) is 0 Å². The van der Waals surface area contributed by atoms with Crippen LogP contribution in [0.5, 0.6) is 11.5 Å². The molecule has 0 radical (unpaired) electrons. The van der Waals surface area contributed by atoms with Crippen molar-refractivity contribution in [1.29, 1.82) is 0 Å². The molecule has 110 valence electrons. The fraction of sp³-hybridized carbons (Fsp3) is 0.188. The average molecular weight is 303 g/mol. The van der Waals surface area contributed by atoms with E-state index in [1.165, 1.54) is 0 Å². The van der Waals surface area contributed by atoms with E-state index in [2.05, 4.69) is 17.9 Å². The number of hydrogen-bond donors (Lipinski definition) is 2. The zero-order valence-corrected chi connectivity index (χ0v) is 13.0. The van der Waals surface area contributed by atoms with Gasteiger partial charge in [0.1, 0.15) is 11.5 Å². The lowest BCUT2D eigenvalue weighted by Gasteiger charge is -2.11. The average Bonchev–Trinajstić information content (AvgIpc) is 2.49. The zero-order chi connectivity index (χ0) is 15.4. The van der Waals surface area contributed by atoms with Crippen molar-refractivity contribution in [3.63, 3.8) is 0 Å². The highest BCUT2D eigenvalue weighted by Crippen LogP contribution is 2.26. The molecule has 1 N–H and O–H groups in total. The van der Waals surface area contributed by atoms with Gasteiger partial charge < -0.3 is 14.8 Å². The zero-order valence-electron chi connectivity index (χ0n) is 12.1. The monoisotopic (exact) mass is 303 g/mol. The summed E-state index contributed by atoms with van der Waals surface area (Å²) in [5.74, 6) is 1.03. The first-order chi connectivity index (χ1) is 10.0. The molecule has 0 saturated heterocycles. The predicted molar refractivity (Wildman–Crippen MR) is 85.9 cm³/mol. The first-order valence-corrected chi connectivity index (χ1v) is 6.82. The lowest BCUT2D eigenvalue weighted by atomic mass is 10.1. The van der Waals surface area contributed by atoms with Gasteiger partial charge in [0.2, 0.25) is 0 Å². The number of benzene rings is 2. The summed E-state index contributed by atoms with van der Waals surface area (Å²) in [5, 5.41) is 2.84. The minimum atomic E-state index is -0.196. The van der Waals surface area contributed by atoms with E-state index in [-0.39, 0.29) is 5.91 Å². The normalized spacial score (nSPS) is 10.1. The van der Waals surface area contributed by atoms with Gasteiger partial charge in [-0.25, -0.2) is 0 Å². The number of anilines is 1. The maximum Gasteiger partial charge on any atom is 0.255 e. The van der Waals surface area contributed by atoms with Gasteiger partial charge >= 0.3 is 0 Å². The Labute approximate surface area is 129 Å². The SMILES string of the molecule is COc1cc(NC(=O)c2cc(S)ccc2C)cc(OC)c1. The first-order valence-electron chi connectivity index (χ1n) is 6.37. The van der Waals surface area contributed by atoms with Crippen molar-refractivity contribution in [2.24, 2.45) is 0 Å². The van der Waals surface area contributed by atoms with Crippen molar-refractivity contribution in [3.05, 3.63) is 47.5 Å². The van der Waals surface area contributed by atoms with Crippen LogP contribution in [0.1, 0.15) is 15.9 Å². The molecule has 4 nitrogen and oxygen atoms in total. The first kappa shape index (κ1) is 15.3. The van der Waals surface area contributed by atoms with Crippen LogP contribution in [-0.4, -0.2) is 20.1 Å². The van der Waals surface area contributed by atoms with E-state index in [0.717, 1.165) is 10.5 Å². The highest BCUT2D eigenvalue weighted by Gasteiger charge is 2.11. The molecule has 5 heteroatoms. The van der Waals surface area contributed by atoms with Crippen LogP contribution < -0.4 is 14.8 Å². The maximum atomic E-state index is 12.4. The number of nitrogens with one attached hydrogen (secondary N) is 1. The summed E-state index contributed by atoms with van der Waals surface area (Å²) in [6.07, 6.45) is 0. The number of carbonyl (C=O) groups is 1. The number of carbonyl (C=O) groups excluding carboxylic acids is 1. The summed E-state index contributed by atoms with van der Waals surface area (Å²) in [5.41, 5.74) is 2.09. The molecule has 1 amide bonds. The molecule has 0 heterocycles. The molecular formula is C16H17NO3S. The lowest BCUT2D eigenvalue weighted by Crippen LogP contribution is -2.13. The smallest absolute Gasteiger partial charge is 0.255 e. The molecule has 0 fully saturated rings. The third-order valence-corrected chi connectivity index (χ3v) is 3.35. The number of ether oxygens (including phenoxy) is 2. The van der Waals surface area contributed by atoms with Crippen molar-refractivity contribution < 1.29 is 14.3 Å². The fourth-order valence-electron chi connectivity index (χ4n) is 1.93. The Kier molecular flexibility index (Phi) is 4.75. The van der Waals surface area contributed by atoms with Crippen LogP contribution in [0, 0.1) is 6.92 Å². The molecule has 0 atom stereocenters. The summed E-state index contributed by atoms with van der Waals surface area (Å²) in [7, 11) is 3.13. The molecule has 2 rings (SSSR count). The Morgan fingerprint density at radius 2 is 1.67 bits per heavy atom. The molecule has 0 bridgehead atoms. The van der Waals surface area contributed by atoms with Gasteiger partial charge in [0.25, 0.3) is 5.91 Å². The van der Waals surface area contributed by atoms with E-state index < -0.39 is 0 Å². The fourth-order valence-corrected chi connectivity index (χ4v) is 2.14. The molecular weight excluding hydrogens is 286 g/mol. The summed E-state index contributed by atoms with van der Waals surface area (Å²) < 4.78 is 10.4. The van der Waals surface area contributed by atoms with Crippen LogP contribution in [0.15, 0.2) is 41.3 Å². The van der Waals surface area contributed by atoms with E-state index in [4.69, 9.17) is 9.47 Å². The number of aryl methyl sites for hydroxylation is 1. The Morgan fingerprint density at radius 3 is 2.24 bits per heavy atom. The van der Waals surface area contributed by atoms with Crippen molar-refractivity contribution in [2.75, 3.05) is 19.5 Å². The van der Waals surface area contributed by atoms with Crippen molar-refractivity contribution >= 4 is 24.2 Å². The number of methoxy groups -OCH3 is 2. The Morgan fingerprint density at radius 1 is 1.05 bits per heavy atom. The van der Waals surface area contributed by atoms with E-state index in [9.17, 15) is 4.79 Å². The third-order valence-electron chi connectivity index (χ3n) is 3.08. The minimum absolute atomic E-state index is 0.196. The highest BCUT2D eigenvalue weighted by molar-refractivity contribution is 7.80. The summed E-state index contributed by atoms with van der Waals surface area (Å²) >= 11 is 4.27. The summed E-state index contributed by atoms with van der Waals surface area (Å²) in [6.45, 7) is 1.88. The van der Waals surface area contributed by atoms with E-state index in [1.54, 1.807) is 38.5 Å². The second-order valence-electron chi connectivity index (χ2n) is 4.55. The Balaban J connectivity index is 2.28. The molecule has 2 aromatic rings. The maximum absolute atomic E-state index is 12.4. The van der Waals surface area contributed by atoms with Crippen molar-refractivity contribution in [3.8, 4) is 11.5 Å². The molecule has 0 aliphatic heterocycles. The molecule has 21 heavy (non-hydrogen) atoms. The van der Waals surface area contributed by atoms with Gasteiger partial charge in [-0.1, -0.05) is 6.07 Å². The van der Waals surface area contributed by atoms with Crippen LogP contribution >= 0.6 is 12.6 Å². The van der Waals surface area contributed by atoms with Crippen LogP contribution in [0.4, 0.5) is 5.69 Å². The number of hydrogen-bond acceptors (Lipinski definition) is 4. The Bertz CT molecular complexity index is 648. The molecule has 0 aromatic heterocycles. The predicted octanol–water partition coefficient (Wildman–Crippen LogP) is 3.55. The Hall–Kier alpha value is -2.14. The molecule has 0 saturated carbocycles. The van der Waals surface area contributed by atoms with Gasteiger partial charge in [0, 0.05) is 34.3 Å². The quantitative estimate of drug-likeness (QED) is 0.849. The summed E-state index contributed by atoms with van der Waals surface area (Å²) in [4.78, 5) is 13.1. The molecule has 2 aromatic carbocycles. The molecule has 0 unspecified atom stereocenters. The van der Waals surface area contributed by atoms with E-state index >= 15 is 0 Å². The molecule has 0 aliphatic carbocycles. The van der Waals surface area contributed by atoms with E-state index in [1.807, 2.05) is 19.1 Å². The van der Waals surface area contributed by atoms with Gasteiger partial charge in [-0.15, -0.1) is 12.6 Å². The van der Waals surface area contributed by atoms with Gasteiger partial charge in [-0.3, -0.25) is 4.79 Å². The van der Waals surface area contributed by atoms with Crippen LogP contribution in [0.25, 0.3) is 0 Å². The van der Waals surface area contributed by atoms with Gasteiger partial charge in [0.05, 0.1) is 14.2 Å². The van der Waals surface area contributed by atoms with Crippen LogP contribution in [-0.2, 0) is 0 Å². The largest absolute Gasteiger partial charge is 0.497 e. The van der Waals surface area contributed by atoms with E-state index in [0.29, 0.717) is 22.7 Å². The van der Waals surface area contributed by atoms with Crippen LogP contribution in [0.2, 0.25) is 0 Å². The third kappa shape index (κ3) is 3.70. The highest BCUT2D eigenvalue weighted by atomic mass is 32.1. The summed E-state index contributed by atoms with van der Waals surface area (Å²) in [6, 6.07) is 10.7. The standard InChI is InChI=1S/C16H17NO3S/c1-10-4-5-14(21)9-15(10)16(18)17-11-6-12(19-2)8-13(7-11)20-3/h4-9,21H,1-3H3,(H,17,18).